The first-order valence-electron chi connectivity index (χ1n) is 5.77. The van der Waals surface area contributed by atoms with Crippen LogP contribution >= 0.6 is 15.9 Å². The topological polar surface area (TPSA) is 33.0 Å². The zero-order chi connectivity index (χ0) is 13.8. The molecule has 2 nitrogen and oxygen atoms in total. The van der Waals surface area contributed by atoms with E-state index >= 15 is 0 Å². The Labute approximate surface area is 116 Å². The van der Waals surface area contributed by atoms with Crippen LogP contribution in [0.5, 0.6) is 5.75 Å². The molecule has 0 N–H and O–H groups in total. The molecule has 1 aromatic rings. The standard InChI is InChI=1S/C14H17BrFNO/c1-14(2,3)11(7-15)9-18-12-5-4-10(8-17)13(16)6-12/h4-6,11H,7,9H2,1-3H3. The number of hydrogen-bond donors (Lipinski definition) is 0. The van der Waals surface area contributed by atoms with E-state index in [0.29, 0.717) is 18.3 Å². The highest BCUT2D eigenvalue weighted by Gasteiger charge is 2.24. The van der Waals surface area contributed by atoms with Crippen LogP contribution in [0.4, 0.5) is 4.39 Å². The minimum absolute atomic E-state index is 0.0372. The maximum Gasteiger partial charge on any atom is 0.144 e. The number of nitriles is 1. The number of ether oxygens (including phenoxy) is 1. The van der Waals surface area contributed by atoms with Crippen LogP contribution in [0.3, 0.4) is 0 Å². The second-order valence-corrected chi connectivity index (χ2v) is 5.93. The van der Waals surface area contributed by atoms with Crippen LogP contribution in [-0.4, -0.2) is 11.9 Å². The average molecular weight is 314 g/mol. The van der Waals surface area contributed by atoms with E-state index in [9.17, 15) is 4.39 Å². The zero-order valence-corrected chi connectivity index (χ0v) is 12.4. The van der Waals surface area contributed by atoms with Gasteiger partial charge in [0.15, 0.2) is 0 Å². The van der Waals surface area contributed by atoms with Crippen LogP contribution in [0.15, 0.2) is 18.2 Å². The molecule has 4 heteroatoms. The van der Waals surface area contributed by atoms with Crippen LogP contribution in [-0.2, 0) is 0 Å². The first kappa shape index (κ1) is 15.0. The van der Waals surface area contributed by atoms with Gasteiger partial charge in [-0.2, -0.15) is 5.26 Å². The number of halogens is 2. The molecule has 0 bridgehead atoms. The van der Waals surface area contributed by atoms with Gasteiger partial charge in [-0.1, -0.05) is 36.7 Å². The molecule has 0 amide bonds. The Balaban J connectivity index is 2.69. The van der Waals surface area contributed by atoms with Gasteiger partial charge in [0.1, 0.15) is 17.6 Å². The van der Waals surface area contributed by atoms with E-state index in [1.54, 1.807) is 12.1 Å². The summed E-state index contributed by atoms with van der Waals surface area (Å²) in [5.74, 6) is 0.249. The third kappa shape index (κ3) is 3.99. The molecule has 1 unspecified atom stereocenters. The molecule has 98 valence electrons. The molecule has 0 saturated carbocycles. The molecule has 0 aliphatic rings. The summed E-state index contributed by atoms with van der Waals surface area (Å²) in [6.45, 7) is 6.94. The Morgan fingerprint density at radius 1 is 1.44 bits per heavy atom. The second-order valence-electron chi connectivity index (χ2n) is 5.28. The highest BCUT2D eigenvalue weighted by Crippen LogP contribution is 2.28. The molecule has 0 fully saturated rings. The minimum Gasteiger partial charge on any atom is -0.493 e. The second kappa shape index (κ2) is 6.19. The summed E-state index contributed by atoms with van der Waals surface area (Å²) in [6, 6.07) is 6.10. The molecule has 0 aliphatic carbocycles. The third-order valence-corrected chi connectivity index (χ3v) is 3.70. The molecule has 0 aromatic heterocycles. The maximum atomic E-state index is 13.4. The maximum absolute atomic E-state index is 13.4. The van der Waals surface area contributed by atoms with Crippen LogP contribution in [0.2, 0.25) is 0 Å². The van der Waals surface area contributed by atoms with Gasteiger partial charge in [-0.05, 0) is 17.5 Å². The molecular formula is C14H17BrFNO. The van der Waals surface area contributed by atoms with E-state index < -0.39 is 5.82 Å². The summed E-state index contributed by atoms with van der Waals surface area (Å²) in [4.78, 5) is 0. The Morgan fingerprint density at radius 3 is 2.56 bits per heavy atom. The fourth-order valence-corrected chi connectivity index (χ4v) is 2.56. The lowest BCUT2D eigenvalue weighted by atomic mass is 9.83. The first-order valence-corrected chi connectivity index (χ1v) is 6.89. The molecule has 18 heavy (non-hydrogen) atoms. The predicted molar refractivity (Wildman–Crippen MR) is 73.3 cm³/mol. The van der Waals surface area contributed by atoms with Crippen molar-refractivity contribution >= 4 is 15.9 Å². The molecule has 1 rings (SSSR count). The van der Waals surface area contributed by atoms with Gasteiger partial charge in [0.25, 0.3) is 0 Å². The number of alkyl halides is 1. The molecule has 0 heterocycles. The Hall–Kier alpha value is -1.08. The van der Waals surface area contributed by atoms with E-state index in [1.807, 2.05) is 0 Å². The van der Waals surface area contributed by atoms with Gasteiger partial charge in [0, 0.05) is 17.3 Å². The van der Waals surface area contributed by atoms with Crippen molar-refractivity contribution in [2.75, 3.05) is 11.9 Å². The van der Waals surface area contributed by atoms with Crippen molar-refractivity contribution in [1.82, 2.24) is 0 Å². The van der Waals surface area contributed by atoms with Gasteiger partial charge in [-0.15, -0.1) is 0 Å². The third-order valence-electron chi connectivity index (χ3n) is 2.92. The van der Waals surface area contributed by atoms with Crippen molar-refractivity contribution in [1.29, 1.82) is 5.26 Å². The van der Waals surface area contributed by atoms with Crippen LogP contribution in [0, 0.1) is 28.5 Å². The summed E-state index contributed by atoms with van der Waals surface area (Å²) in [5.41, 5.74) is 0.157. The van der Waals surface area contributed by atoms with Gasteiger partial charge in [-0.25, -0.2) is 4.39 Å². The van der Waals surface area contributed by atoms with Crippen LogP contribution < -0.4 is 4.74 Å². The largest absolute Gasteiger partial charge is 0.493 e. The molecule has 1 aromatic carbocycles. The molecule has 0 aliphatic heterocycles. The van der Waals surface area contributed by atoms with Crippen molar-refractivity contribution in [2.24, 2.45) is 11.3 Å². The van der Waals surface area contributed by atoms with E-state index in [1.165, 1.54) is 12.1 Å². The molecule has 0 spiro atoms. The summed E-state index contributed by atoms with van der Waals surface area (Å²) < 4.78 is 19.0. The minimum atomic E-state index is -0.541. The van der Waals surface area contributed by atoms with E-state index in [-0.39, 0.29) is 11.0 Å². The summed E-state index contributed by atoms with van der Waals surface area (Å²) in [5, 5.41) is 9.46. The lowest BCUT2D eigenvalue weighted by Gasteiger charge is -2.28. The molecule has 1 atom stereocenters. The Morgan fingerprint density at radius 2 is 2.11 bits per heavy atom. The van der Waals surface area contributed by atoms with Gasteiger partial charge in [-0.3, -0.25) is 0 Å². The molecule has 0 radical (unpaired) electrons. The van der Waals surface area contributed by atoms with Crippen molar-refractivity contribution < 1.29 is 9.13 Å². The fourth-order valence-electron chi connectivity index (χ4n) is 1.40. The lowest BCUT2D eigenvalue weighted by molar-refractivity contribution is 0.165. The Kier molecular flexibility index (Phi) is 5.15. The van der Waals surface area contributed by atoms with Crippen molar-refractivity contribution in [2.45, 2.75) is 20.8 Å². The van der Waals surface area contributed by atoms with Gasteiger partial charge >= 0.3 is 0 Å². The monoisotopic (exact) mass is 313 g/mol. The van der Waals surface area contributed by atoms with E-state index in [0.717, 1.165) is 5.33 Å². The lowest BCUT2D eigenvalue weighted by Crippen LogP contribution is -2.27. The van der Waals surface area contributed by atoms with E-state index in [2.05, 4.69) is 36.7 Å². The number of nitrogens with zero attached hydrogens (tertiary/aromatic N) is 1. The van der Waals surface area contributed by atoms with Crippen LogP contribution in [0.25, 0.3) is 0 Å². The fraction of sp³-hybridized carbons (Fsp3) is 0.500. The molecule has 0 saturated heterocycles. The number of benzene rings is 1. The number of rotatable bonds is 4. The zero-order valence-electron chi connectivity index (χ0n) is 10.8. The smallest absolute Gasteiger partial charge is 0.144 e. The quantitative estimate of drug-likeness (QED) is 0.783. The highest BCUT2D eigenvalue weighted by molar-refractivity contribution is 9.09. The predicted octanol–water partition coefficient (Wildman–Crippen LogP) is 4.13. The highest BCUT2D eigenvalue weighted by atomic mass is 79.9. The SMILES string of the molecule is CC(C)(C)C(CBr)COc1ccc(C#N)c(F)c1. The van der Waals surface area contributed by atoms with Crippen molar-refractivity contribution in [3.63, 3.8) is 0 Å². The Bertz CT molecular complexity index is 448. The average Bonchev–Trinajstić information content (AvgIpc) is 2.28. The number of hydrogen-bond acceptors (Lipinski definition) is 2. The summed E-state index contributed by atoms with van der Waals surface area (Å²) in [6.07, 6.45) is 0. The van der Waals surface area contributed by atoms with Gasteiger partial charge in [0.05, 0.1) is 12.2 Å². The first-order chi connectivity index (χ1) is 8.38. The molecular weight excluding hydrogens is 297 g/mol. The summed E-state index contributed by atoms with van der Waals surface area (Å²) in [7, 11) is 0. The van der Waals surface area contributed by atoms with Crippen LogP contribution in [0.1, 0.15) is 26.3 Å². The summed E-state index contributed by atoms with van der Waals surface area (Å²) >= 11 is 3.47. The normalized spacial score (nSPS) is 12.9. The van der Waals surface area contributed by atoms with Crippen molar-refractivity contribution in [3.8, 4) is 11.8 Å². The van der Waals surface area contributed by atoms with Crippen molar-refractivity contribution in [3.05, 3.63) is 29.6 Å². The van der Waals surface area contributed by atoms with Gasteiger partial charge in [0.2, 0.25) is 0 Å². The van der Waals surface area contributed by atoms with Gasteiger partial charge < -0.3 is 4.74 Å². The van der Waals surface area contributed by atoms with E-state index in [4.69, 9.17) is 10.00 Å².